The number of aryl methyl sites for hydroxylation is 1. The lowest BCUT2D eigenvalue weighted by atomic mass is 9.97. The summed E-state index contributed by atoms with van der Waals surface area (Å²) in [6.45, 7) is 2.72. The van der Waals surface area contributed by atoms with Crippen molar-refractivity contribution in [3.05, 3.63) is 83.7 Å². The van der Waals surface area contributed by atoms with Crippen LogP contribution in [0.2, 0.25) is 0 Å². The fourth-order valence-corrected chi connectivity index (χ4v) is 3.90. The summed E-state index contributed by atoms with van der Waals surface area (Å²) in [7, 11) is 1.65. The number of ether oxygens (including phenoxy) is 1. The molecule has 0 aliphatic heterocycles. The smallest absolute Gasteiger partial charge is 0.336 e. The summed E-state index contributed by atoms with van der Waals surface area (Å²) in [6, 6.07) is 21.2. The molecular formula is C26H26N2O3. The van der Waals surface area contributed by atoms with Crippen molar-refractivity contribution in [2.24, 2.45) is 0 Å². The number of benzene rings is 3. The van der Waals surface area contributed by atoms with Crippen LogP contribution in [0.5, 0.6) is 5.75 Å². The lowest BCUT2D eigenvalue weighted by molar-refractivity contribution is 0.0697. The second-order valence-corrected chi connectivity index (χ2v) is 7.62. The normalized spacial score (nSPS) is 11.0. The summed E-state index contributed by atoms with van der Waals surface area (Å²) >= 11 is 0. The van der Waals surface area contributed by atoms with Gasteiger partial charge in [0.25, 0.3) is 0 Å². The zero-order valence-corrected chi connectivity index (χ0v) is 17.8. The van der Waals surface area contributed by atoms with Crippen LogP contribution in [0.25, 0.3) is 22.2 Å². The first kappa shape index (κ1) is 20.7. The molecular weight excluding hydrogens is 388 g/mol. The monoisotopic (exact) mass is 414 g/mol. The van der Waals surface area contributed by atoms with E-state index in [1.54, 1.807) is 13.2 Å². The van der Waals surface area contributed by atoms with Gasteiger partial charge in [0.15, 0.2) is 0 Å². The van der Waals surface area contributed by atoms with Crippen LogP contribution >= 0.6 is 0 Å². The van der Waals surface area contributed by atoms with Crippen LogP contribution < -0.4 is 4.74 Å². The van der Waals surface area contributed by atoms with Gasteiger partial charge in [0.1, 0.15) is 11.6 Å². The lowest BCUT2D eigenvalue weighted by Crippen LogP contribution is -2.07. The van der Waals surface area contributed by atoms with Crippen LogP contribution in [0, 0.1) is 0 Å². The van der Waals surface area contributed by atoms with Crippen LogP contribution in [0.3, 0.4) is 0 Å². The second kappa shape index (κ2) is 9.04. The SMILES string of the molecule is CCCCc1nc2ccc(OC)cc2n1Cc1ccc(-c2ccccc2)c(C(=O)O)c1. The molecule has 0 saturated heterocycles. The zero-order valence-electron chi connectivity index (χ0n) is 17.8. The molecule has 0 aliphatic rings. The highest BCUT2D eigenvalue weighted by Gasteiger charge is 2.16. The van der Waals surface area contributed by atoms with Gasteiger partial charge in [-0.05, 0) is 41.3 Å². The van der Waals surface area contributed by atoms with Gasteiger partial charge < -0.3 is 14.4 Å². The number of carboxylic acids is 1. The van der Waals surface area contributed by atoms with Crippen molar-refractivity contribution in [3.8, 4) is 16.9 Å². The van der Waals surface area contributed by atoms with Crippen molar-refractivity contribution in [2.75, 3.05) is 7.11 Å². The first-order valence-corrected chi connectivity index (χ1v) is 10.6. The number of fused-ring (bicyclic) bond motifs is 1. The number of hydrogen-bond donors (Lipinski definition) is 1. The number of hydrogen-bond acceptors (Lipinski definition) is 3. The van der Waals surface area contributed by atoms with Crippen molar-refractivity contribution < 1.29 is 14.6 Å². The molecule has 0 unspecified atom stereocenters. The molecule has 5 heteroatoms. The van der Waals surface area contributed by atoms with E-state index in [-0.39, 0.29) is 0 Å². The number of imidazole rings is 1. The van der Waals surface area contributed by atoms with Crippen LogP contribution in [0.1, 0.15) is 41.5 Å². The van der Waals surface area contributed by atoms with Gasteiger partial charge in [0, 0.05) is 19.0 Å². The number of carboxylic acid groups (broad SMARTS) is 1. The van der Waals surface area contributed by atoms with Gasteiger partial charge in [-0.25, -0.2) is 9.78 Å². The number of aromatic carboxylic acids is 1. The lowest BCUT2D eigenvalue weighted by Gasteiger charge is -2.13. The molecule has 0 radical (unpaired) electrons. The molecule has 1 aromatic heterocycles. The molecule has 1 heterocycles. The summed E-state index contributed by atoms with van der Waals surface area (Å²) < 4.78 is 7.59. The molecule has 0 bridgehead atoms. The Morgan fingerprint density at radius 3 is 2.58 bits per heavy atom. The summed E-state index contributed by atoms with van der Waals surface area (Å²) in [5.74, 6) is 0.861. The Morgan fingerprint density at radius 1 is 1.06 bits per heavy atom. The summed E-state index contributed by atoms with van der Waals surface area (Å²) in [6.07, 6.45) is 3.01. The van der Waals surface area contributed by atoms with Crippen LogP contribution in [-0.2, 0) is 13.0 Å². The van der Waals surface area contributed by atoms with E-state index in [4.69, 9.17) is 9.72 Å². The number of rotatable bonds is 8. The molecule has 1 N–H and O–H groups in total. The van der Waals surface area contributed by atoms with Gasteiger partial charge in [-0.3, -0.25) is 0 Å². The van der Waals surface area contributed by atoms with E-state index in [1.165, 1.54) is 0 Å². The second-order valence-electron chi connectivity index (χ2n) is 7.62. The predicted molar refractivity (Wildman–Crippen MR) is 123 cm³/mol. The predicted octanol–water partition coefficient (Wildman–Crippen LogP) is 5.80. The van der Waals surface area contributed by atoms with Crippen LogP contribution in [0.4, 0.5) is 0 Å². The Labute approximate surface area is 181 Å². The van der Waals surface area contributed by atoms with Crippen LogP contribution in [-0.4, -0.2) is 27.7 Å². The highest BCUT2D eigenvalue weighted by atomic mass is 16.5. The number of aromatic nitrogens is 2. The molecule has 3 aromatic carbocycles. The summed E-state index contributed by atoms with van der Waals surface area (Å²) in [5, 5.41) is 9.85. The standard InChI is InChI=1S/C26H26N2O3/c1-3-4-10-25-27-23-14-12-20(31-2)16-24(23)28(25)17-18-11-13-21(22(15-18)26(29)30)19-8-6-5-7-9-19/h5-9,11-16H,3-4,10,17H2,1-2H3,(H,29,30). The molecule has 0 fully saturated rings. The van der Waals surface area contributed by atoms with E-state index in [0.717, 1.165) is 58.6 Å². The minimum absolute atomic E-state index is 0.306. The molecule has 0 saturated carbocycles. The molecule has 31 heavy (non-hydrogen) atoms. The maximum absolute atomic E-state index is 12.0. The van der Waals surface area contributed by atoms with E-state index in [0.29, 0.717) is 12.1 Å². The van der Waals surface area contributed by atoms with E-state index in [9.17, 15) is 9.90 Å². The Kier molecular flexibility index (Phi) is 6.03. The van der Waals surface area contributed by atoms with E-state index >= 15 is 0 Å². The van der Waals surface area contributed by atoms with Crippen molar-refractivity contribution in [3.63, 3.8) is 0 Å². The highest BCUT2D eigenvalue weighted by molar-refractivity contribution is 5.96. The minimum Gasteiger partial charge on any atom is -0.497 e. The fraction of sp³-hybridized carbons (Fsp3) is 0.231. The quantitative estimate of drug-likeness (QED) is 0.396. The van der Waals surface area contributed by atoms with Crippen LogP contribution in [0.15, 0.2) is 66.7 Å². The van der Waals surface area contributed by atoms with Crippen molar-refractivity contribution in [1.29, 1.82) is 0 Å². The summed E-state index contributed by atoms with van der Waals surface area (Å²) in [5.41, 5.74) is 4.77. The largest absolute Gasteiger partial charge is 0.497 e. The molecule has 4 rings (SSSR count). The third-order valence-electron chi connectivity index (χ3n) is 5.53. The molecule has 4 aromatic rings. The molecule has 0 atom stereocenters. The highest BCUT2D eigenvalue weighted by Crippen LogP contribution is 2.27. The minimum atomic E-state index is -0.927. The molecule has 0 amide bonds. The zero-order chi connectivity index (χ0) is 21.8. The van der Waals surface area contributed by atoms with Gasteiger partial charge >= 0.3 is 5.97 Å². The van der Waals surface area contributed by atoms with Gasteiger partial charge in [-0.1, -0.05) is 55.8 Å². The molecule has 158 valence electrons. The van der Waals surface area contributed by atoms with E-state index in [1.807, 2.05) is 60.7 Å². The Balaban J connectivity index is 1.77. The number of nitrogens with zero attached hydrogens (tertiary/aromatic N) is 2. The number of unbranched alkanes of at least 4 members (excludes halogenated alkanes) is 1. The maximum atomic E-state index is 12.0. The maximum Gasteiger partial charge on any atom is 0.336 e. The van der Waals surface area contributed by atoms with Crippen molar-refractivity contribution in [2.45, 2.75) is 32.7 Å². The molecule has 0 spiro atoms. The number of methoxy groups -OCH3 is 1. The average Bonchev–Trinajstić information content (AvgIpc) is 3.14. The first-order valence-electron chi connectivity index (χ1n) is 10.6. The van der Waals surface area contributed by atoms with E-state index in [2.05, 4.69) is 11.5 Å². The topological polar surface area (TPSA) is 64.4 Å². The van der Waals surface area contributed by atoms with Gasteiger partial charge in [-0.15, -0.1) is 0 Å². The molecule has 0 aliphatic carbocycles. The van der Waals surface area contributed by atoms with Gasteiger partial charge in [0.05, 0.1) is 23.7 Å². The van der Waals surface area contributed by atoms with E-state index < -0.39 is 5.97 Å². The number of carbonyl (C=O) groups is 1. The third-order valence-corrected chi connectivity index (χ3v) is 5.53. The van der Waals surface area contributed by atoms with Gasteiger partial charge in [-0.2, -0.15) is 0 Å². The Morgan fingerprint density at radius 2 is 1.87 bits per heavy atom. The van der Waals surface area contributed by atoms with Gasteiger partial charge in [0.2, 0.25) is 0 Å². The third kappa shape index (κ3) is 4.31. The first-order chi connectivity index (χ1) is 15.1. The average molecular weight is 415 g/mol. The van der Waals surface area contributed by atoms with Crippen molar-refractivity contribution >= 4 is 17.0 Å². The van der Waals surface area contributed by atoms with Crippen molar-refractivity contribution in [1.82, 2.24) is 9.55 Å². The summed E-state index contributed by atoms with van der Waals surface area (Å²) in [4.78, 5) is 16.9. The fourth-order valence-electron chi connectivity index (χ4n) is 3.90. The Bertz CT molecular complexity index is 1210. The Hall–Kier alpha value is -3.60. The molecule has 5 nitrogen and oxygen atoms in total.